The monoisotopic (exact) mass is 541 g/mol. The Hall–Kier alpha value is -4.23. The van der Waals surface area contributed by atoms with E-state index >= 15 is 0 Å². The van der Waals surface area contributed by atoms with Crippen LogP contribution >= 0.6 is 11.6 Å². The van der Waals surface area contributed by atoms with Gasteiger partial charge in [-0.15, -0.1) is 0 Å². The number of benzene rings is 3. The first-order valence-electron chi connectivity index (χ1n) is 12.6. The Balaban J connectivity index is 1.83. The number of allylic oxidation sites excluding steroid dienone is 2. The fourth-order valence-electron chi connectivity index (χ4n) is 5.48. The van der Waals surface area contributed by atoms with Gasteiger partial charge in [0.1, 0.15) is 11.6 Å². The molecule has 1 aliphatic carbocycles. The van der Waals surface area contributed by atoms with Gasteiger partial charge in [0.05, 0.1) is 4.92 Å². The molecule has 0 saturated heterocycles. The van der Waals surface area contributed by atoms with Crippen LogP contribution in [0.5, 0.6) is 0 Å². The highest BCUT2D eigenvalue weighted by Crippen LogP contribution is 2.51. The fraction of sp³-hybridized carbons (Fsp3) is 0.226. The third-order valence-corrected chi connectivity index (χ3v) is 7.58. The van der Waals surface area contributed by atoms with Crippen LogP contribution in [0.1, 0.15) is 49.3 Å². The molecule has 2 N–H and O–H groups in total. The summed E-state index contributed by atoms with van der Waals surface area (Å²) in [5, 5.41) is 33.0. The molecule has 0 amide bonds. The van der Waals surface area contributed by atoms with Crippen LogP contribution in [0.2, 0.25) is 5.02 Å². The molecule has 7 nitrogen and oxygen atoms in total. The number of carbonyl (C=O) groups excluding carboxylic acids is 1. The standard InChI is InChI=1S/C31H28ClN3O4/c1-18-4-6-20(7-5-18)29(37)28-26(19-8-12-23(13-9-19)35(38)39)27-24(16-31(2,3)17-25(27)36)34(30(28)33)22-14-10-21(32)11-15-22/h4-15,26,33,37H,16-17H2,1-3H3/b29-28+,33-30?. The number of anilines is 1. The summed E-state index contributed by atoms with van der Waals surface area (Å²) in [5.41, 5.74) is 3.78. The number of hydrogen-bond donors (Lipinski definition) is 2. The van der Waals surface area contributed by atoms with Crippen molar-refractivity contribution in [2.24, 2.45) is 5.41 Å². The molecular formula is C31H28ClN3O4. The van der Waals surface area contributed by atoms with E-state index in [1.165, 1.54) is 12.1 Å². The minimum atomic E-state index is -0.776. The molecule has 39 heavy (non-hydrogen) atoms. The van der Waals surface area contributed by atoms with E-state index in [2.05, 4.69) is 0 Å². The van der Waals surface area contributed by atoms with Gasteiger partial charge in [0.15, 0.2) is 5.78 Å². The summed E-state index contributed by atoms with van der Waals surface area (Å²) in [6.45, 7) is 5.99. The number of Topliss-reactive ketones (excluding diaryl/α,β-unsaturated/α-hetero) is 1. The van der Waals surface area contributed by atoms with Crippen LogP contribution in [0, 0.1) is 27.9 Å². The number of nitrogens with zero attached hydrogens (tertiary/aromatic N) is 2. The molecule has 0 radical (unpaired) electrons. The maximum atomic E-state index is 13.9. The molecule has 0 fully saturated rings. The molecule has 1 heterocycles. The third-order valence-electron chi connectivity index (χ3n) is 7.32. The second kappa shape index (κ2) is 9.82. The normalized spacial score (nSPS) is 20.1. The molecule has 0 spiro atoms. The summed E-state index contributed by atoms with van der Waals surface area (Å²) in [5.74, 6) is -0.943. The van der Waals surface area contributed by atoms with E-state index in [0.717, 1.165) is 5.56 Å². The summed E-state index contributed by atoms with van der Waals surface area (Å²) < 4.78 is 0. The van der Waals surface area contributed by atoms with Gasteiger partial charge < -0.3 is 5.11 Å². The number of halogens is 1. The van der Waals surface area contributed by atoms with Gasteiger partial charge in [-0.25, -0.2) is 0 Å². The molecular weight excluding hydrogens is 514 g/mol. The minimum absolute atomic E-state index is 0.0306. The highest BCUT2D eigenvalue weighted by atomic mass is 35.5. The van der Waals surface area contributed by atoms with Crippen molar-refractivity contribution >= 4 is 40.4 Å². The molecule has 0 saturated carbocycles. The molecule has 1 unspecified atom stereocenters. The highest BCUT2D eigenvalue weighted by molar-refractivity contribution is 6.30. The predicted molar refractivity (Wildman–Crippen MR) is 153 cm³/mol. The minimum Gasteiger partial charge on any atom is -0.507 e. The van der Waals surface area contributed by atoms with E-state index in [4.69, 9.17) is 11.6 Å². The van der Waals surface area contributed by atoms with Gasteiger partial charge in [-0.3, -0.25) is 25.2 Å². The van der Waals surface area contributed by atoms with Crippen molar-refractivity contribution in [2.75, 3.05) is 4.90 Å². The number of nitro groups is 1. The van der Waals surface area contributed by atoms with Crippen LogP contribution in [-0.4, -0.2) is 21.6 Å². The van der Waals surface area contributed by atoms with Gasteiger partial charge in [0.2, 0.25) is 0 Å². The van der Waals surface area contributed by atoms with Gasteiger partial charge in [0.25, 0.3) is 5.69 Å². The Kier molecular flexibility index (Phi) is 6.64. The Bertz CT molecular complexity index is 1550. The molecule has 8 heteroatoms. The number of carbonyl (C=O) groups is 1. The first-order valence-corrected chi connectivity index (χ1v) is 13.0. The van der Waals surface area contributed by atoms with E-state index in [9.17, 15) is 25.4 Å². The SMILES string of the molecule is Cc1ccc(/C(O)=C2\C(=N)N(c3ccc(Cl)cc3)C3=C(C(=O)CC(C)(C)C3)C2c2ccc([N+](=O)[O-])cc2)cc1. The number of amidine groups is 1. The Morgan fingerprint density at radius 3 is 2.23 bits per heavy atom. The molecule has 3 aromatic rings. The number of rotatable bonds is 4. The van der Waals surface area contributed by atoms with Crippen LogP contribution in [-0.2, 0) is 4.79 Å². The van der Waals surface area contributed by atoms with E-state index in [1.54, 1.807) is 53.4 Å². The average molecular weight is 542 g/mol. The lowest BCUT2D eigenvalue weighted by Crippen LogP contribution is -2.45. The van der Waals surface area contributed by atoms with Crippen molar-refractivity contribution in [2.45, 2.75) is 39.5 Å². The molecule has 0 aromatic heterocycles. The van der Waals surface area contributed by atoms with Crippen molar-refractivity contribution < 1.29 is 14.8 Å². The third kappa shape index (κ3) is 4.86. The molecule has 198 valence electrons. The lowest BCUT2D eigenvalue weighted by atomic mass is 9.67. The van der Waals surface area contributed by atoms with Crippen molar-refractivity contribution in [1.82, 2.24) is 0 Å². The van der Waals surface area contributed by atoms with Crippen molar-refractivity contribution in [3.05, 3.63) is 121 Å². The molecule has 1 aliphatic heterocycles. The summed E-state index contributed by atoms with van der Waals surface area (Å²) in [6.07, 6.45) is 0.830. The summed E-state index contributed by atoms with van der Waals surface area (Å²) in [7, 11) is 0. The second-order valence-electron chi connectivity index (χ2n) is 10.9. The lowest BCUT2D eigenvalue weighted by molar-refractivity contribution is -0.384. The van der Waals surface area contributed by atoms with Crippen LogP contribution < -0.4 is 4.90 Å². The number of non-ortho nitro benzene ring substituents is 1. The fourth-order valence-corrected chi connectivity index (χ4v) is 5.60. The Morgan fingerprint density at radius 1 is 1.03 bits per heavy atom. The zero-order chi connectivity index (χ0) is 28.1. The number of nitrogens with one attached hydrogen (secondary N) is 1. The predicted octanol–water partition coefficient (Wildman–Crippen LogP) is 7.75. The largest absolute Gasteiger partial charge is 0.507 e. The number of aliphatic hydroxyl groups is 1. The number of aliphatic hydroxyl groups excluding tert-OH is 1. The first-order chi connectivity index (χ1) is 18.5. The van der Waals surface area contributed by atoms with Crippen LogP contribution in [0.4, 0.5) is 11.4 Å². The van der Waals surface area contributed by atoms with E-state index in [0.29, 0.717) is 45.9 Å². The number of hydrogen-bond acceptors (Lipinski definition) is 5. The van der Waals surface area contributed by atoms with Crippen molar-refractivity contribution in [3.63, 3.8) is 0 Å². The second-order valence-corrected chi connectivity index (χ2v) is 11.3. The molecule has 5 rings (SSSR count). The average Bonchev–Trinajstić information content (AvgIpc) is 2.88. The lowest BCUT2D eigenvalue weighted by Gasteiger charge is -2.45. The summed E-state index contributed by atoms with van der Waals surface area (Å²) >= 11 is 6.17. The maximum absolute atomic E-state index is 13.9. The number of aryl methyl sites for hydroxylation is 1. The van der Waals surface area contributed by atoms with Crippen LogP contribution in [0.3, 0.4) is 0 Å². The Labute approximate surface area is 231 Å². The van der Waals surface area contributed by atoms with Gasteiger partial charge in [-0.2, -0.15) is 0 Å². The van der Waals surface area contributed by atoms with Gasteiger partial charge >= 0.3 is 0 Å². The van der Waals surface area contributed by atoms with E-state index in [-0.39, 0.29) is 34.1 Å². The zero-order valence-corrected chi connectivity index (χ0v) is 22.6. The van der Waals surface area contributed by atoms with Gasteiger partial charge in [-0.1, -0.05) is 67.4 Å². The summed E-state index contributed by atoms with van der Waals surface area (Å²) in [4.78, 5) is 26.5. The van der Waals surface area contributed by atoms with Gasteiger partial charge in [0, 0.05) is 57.6 Å². The van der Waals surface area contributed by atoms with E-state index in [1.807, 2.05) is 32.9 Å². The smallest absolute Gasteiger partial charge is 0.269 e. The molecule has 3 aromatic carbocycles. The molecule has 1 atom stereocenters. The highest BCUT2D eigenvalue weighted by Gasteiger charge is 2.46. The van der Waals surface area contributed by atoms with Crippen LogP contribution in [0.25, 0.3) is 5.76 Å². The molecule has 0 bridgehead atoms. The molecule has 2 aliphatic rings. The van der Waals surface area contributed by atoms with Crippen molar-refractivity contribution in [1.29, 1.82) is 5.41 Å². The quantitative estimate of drug-likeness (QED) is 0.199. The van der Waals surface area contributed by atoms with E-state index < -0.39 is 10.8 Å². The topological polar surface area (TPSA) is 108 Å². The van der Waals surface area contributed by atoms with Crippen molar-refractivity contribution in [3.8, 4) is 0 Å². The number of ketones is 1. The van der Waals surface area contributed by atoms with Crippen LogP contribution in [0.15, 0.2) is 89.6 Å². The first kappa shape index (κ1) is 26.4. The summed E-state index contributed by atoms with van der Waals surface area (Å²) in [6, 6.07) is 20.3. The number of nitro benzene ring substituents is 1. The Morgan fingerprint density at radius 2 is 1.64 bits per heavy atom. The zero-order valence-electron chi connectivity index (χ0n) is 21.9. The van der Waals surface area contributed by atoms with Gasteiger partial charge in [-0.05, 0) is 48.6 Å². The maximum Gasteiger partial charge on any atom is 0.269 e.